The average Bonchev–Trinajstić information content (AvgIpc) is 3.35. The SMILES string of the molecule is COc1ccc(Cn2c(=O)[nH]c3c(N)nc(SCCCN4CCCC4)nc32)cc1. The van der Waals surface area contributed by atoms with Crippen LogP contribution in [0, 0.1) is 0 Å². The molecule has 0 amide bonds. The third-order valence-electron chi connectivity index (χ3n) is 5.18. The van der Waals surface area contributed by atoms with Gasteiger partial charge < -0.3 is 20.4 Å². The Morgan fingerprint density at radius 2 is 1.97 bits per heavy atom. The molecule has 0 spiro atoms. The number of nitrogens with two attached hydrogens (primary N) is 1. The summed E-state index contributed by atoms with van der Waals surface area (Å²) in [5, 5.41) is 0.610. The first-order valence-corrected chi connectivity index (χ1v) is 10.9. The lowest BCUT2D eigenvalue weighted by Gasteiger charge is -2.13. The predicted molar refractivity (Wildman–Crippen MR) is 116 cm³/mol. The summed E-state index contributed by atoms with van der Waals surface area (Å²) in [6.07, 6.45) is 3.70. The topological polar surface area (TPSA) is 102 Å². The lowest BCUT2D eigenvalue weighted by atomic mass is 10.2. The number of nitrogens with zero attached hydrogens (tertiary/aromatic N) is 4. The number of nitrogens with one attached hydrogen (secondary N) is 1. The van der Waals surface area contributed by atoms with Crippen molar-refractivity contribution in [2.45, 2.75) is 31.0 Å². The van der Waals surface area contributed by atoms with Crippen LogP contribution in [-0.4, -0.2) is 56.9 Å². The van der Waals surface area contributed by atoms with Gasteiger partial charge in [-0.05, 0) is 56.6 Å². The summed E-state index contributed by atoms with van der Waals surface area (Å²) in [5.74, 6) is 2.01. The molecular weight excluding hydrogens is 388 g/mol. The number of fused-ring (bicyclic) bond motifs is 1. The average molecular weight is 415 g/mol. The van der Waals surface area contributed by atoms with E-state index in [9.17, 15) is 4.79 Å². The van der Waals surface area contributed by atoms with E-state index in [1.807, 2.05) is 24.3 Å². The monoisotopic (exact) mass is 414 g/mol. The molecule has 0 saturated carbocycles. The van der Waals surface area contributed by atoms with Gasteiger partial charge in [0.25, 0.3) is 0 Å². The molecule has 1 fully saturated rings. The van der Waals surface area contributed by atoms with Gasteiger partial charge in [0.05, 0.1) is 13.7 Å². The molecule has 4 rings (SSSR count). The molecule has 1 aromatic carbocycles. The van der Waals surface area contributed by atoms with Crippen LogP contribution >= 0.6 is 11.8 Å². The number of aromatic nitrogens is 4. The Morgan fingerprint density at radius 3 is 2.69 bits per heavy atom. The van der Waals surface area contributed by atoms with E-state index in [2.05, 4.69) is 19.9 Å². The largest absolute Gasteiger partial charge is 0.497 e. The summed E-state index contributed by atoms with van der Waals surface area (Å²) in [5.41, 5.74) is 7.87. The number of rotatable bonds is 8. The number of thioether (sulfide) groups is 1. The zero-order valence-electron chi connectivity index (χ0n) is 16.6. The minimum atomic E-state index is -0.243. The summed E-state index contributed by atoms with van der Waals surface area (Å²) in [6.45, 7) is 3.93. The van der Waals surface area contributed by atoms with Crippen LogP contribution in [0.4, 0.5) is 5.82 Å². The van der Waals surface area contributed by atoms with E-state index in [1.54, 1.807) is 23.4 Å². The first-order chi connectivity index (χ1) is 14.1. The van der Waals surface area contributed by atoms with Crippen LogP contribution < -0.4 is 16.2 Å². The van der Waals surface area contributed by atoms with Crippen LogP contribution in [-0.2, 0) is 6.54 Å². The molecular formula is C20H26N6O2S. The minimum Gasteiger partial charge on any atom is -0.497 e. The number of ether oxygens (including phenoxy) is 1. The first kappa shape index (κ1) is 19.8. The highest BCUT2D eigenvalue weighted by Crippen LogP contribution is 2.22. The Balaban J connectivity index is 1.50. The van der Waals surface area contributed by atoms with Gasteiger partial charge in [-0.15, -0.1) is 0 Å². The Bertz CT molecular complexity index is 1020. The highest BCUT2D eigenvalue weighted by atomic mass is 32.2. The molecule has 1 saturated heterocycles. The van der Waals surface area contributed by atoms with E-state index in [1.165, 1.54) is 25.9 Å². The summed E-state index contributed by atoms with van der Waals surface area (Å²) in [7, 11) is 1.63. The van der Waals surface area contributed by atoms with Crippen LogP contribution in [0.15, 0.2) is 34.2 Å². The van der Waals surface area contributed by atoms with Crippen LogP contribution in [0.25, 0.3) is 11.2 Å². The Morgan fingerprint density at radius 1 is 1.21 bits per heavy atom. The molecule has 3 aromatic rings. The maximum Gasteiger partial charge on any atom is 0.328 e. The van der Waals surface area contributed by atoms with E-state index in [-0.39, 0.29) is 5.69 Å². The number of methoxy groups -OCH3 is 1. The van der Waals surface area contributed by atoms with Crippen LogP contribution in [0.1, 0.15) is 24.8 Å². The summed E-state index contributed by atoms with van der Waals surface area (Å²) in [6, 6.07) is 7.62. The van der Waals surface area contributed by atoms with Gasteiger partial charge >= 0.3 is 5.69 Å². The third-order valence-corrected chi connectivity index (χ3v) is 6.11. The molecule has 9 heteroatoms. The van der Waals surface area contributed by atoms with Crippen molar-refractivity contribution in [2.24, 2.45) is 0 Å². The van der Waals surface area contributed by atoms with Crippen molar-refractivity contribution in [1.82, 2.24) is 24.4 Å². The molecule has 8 nitrogen and oxygen atoms in total. The molecule has 0 aliphatic carbocycles. The number of benzene rings is 1. The highest BCUT2D eigenvalue weighted by Gasteiger charge is 2.15. The van der Waals surface area contributed by atoms with Crippen molar-refractivity contribution in [1.29, 1.82) is 0 Å². The van der Waals surface area contributed by atoms with E-state index >= 15 is 0 Å². The molecule has 2 aromatic heterocycles. The van der Waals surface area contributed by atoms with Gasteiger partial charge in [-0.2, -0.15) is 0 Å². The fourth-order valence-corrected chi connectivity index (χ4v) is 4.38. The molecule has 3 N–H and O–H groups in total. The Labute approximate surface area is 173 Å². The summed E-state index contributed by atoms with van der Waals surface area (Å²) >= 11 is 1.59. The fourth-order valence-electron chi connectivity index (χ4n) is 3.61. The molecule has 1 aliphatic rings. The molecule has 0 radical (unpaired) electrons. The second-order valence-electron chi connectivity index (χ2n) is 7.21. The maximum absolute atomic E-state index is 12.5. The number of aromatic amines is 1. The van der Waals surface area contributed by atoms with Gasteiger partial charge in [-0.25, -0.2) is 14.8 Å². The number of hydrogen-bond donors (Lipinski definition) is 2. The van der Waals surface area contributed by atoms with E-state index in [0.717, 1.165) is 30.0 Å². The molecule has 154 valence electrons. The highest BCUT2D eigenvalue weighted by molar-refractivity contribution is 7.99. The predicted octanol–water partition coefficient (Wildman–Crippen LogP) is 2.34. The second kappa shape index (κ2) is 8.87. The van der Waals surface area contributed by atoms with E-state index < -0.39 is 0 Å². The van der Waals surface area contributed by atoms with Crippen molar-refractivity contribution >= 4 is 28.7 Å². The van der Waals surface area contributed by atoms with Crippen LogP contribution in [0.3, 0.4) is 0 Å². The molecule has 1 aliphatic heterocycles. The number of hydrogen-bond acceptors (Lipinski definition) is 7. The maximum atomic E-state index is 12.5. The lowest BCUT2D eigenvalue weighted by molar-refractivity contribution is 0.341. The lowest BCUT2D eigenvalue weighted by Crippen LogP contribution is -2.20. The van der Waals surface area contributed by atoms with Gasteiger partial charge in [0.2, 0.25) is 0 Å². The summed E-state index contributed by atoms with van der Waals surface area (Å²) < 4.78 is 6.79. The number of imidazole rings is 1. The van der Waals surface area contributed by atoms with Crippen molar-refractivity contribution in [3.8, 4) is 5.75 Å². The third kappa shape index (κ3) is 4.56. The molecule has 3 heterocycles. The number of H-pyrrole nitrogens is 1. The fraction of sp³-hybridized carbons (Fsp3) is 0.450. The van der Waals surface area contributed by atoms with Gasteiger partial charge in [0.1, 0.15) is 11.3 Å². The molecule has 0 atom stereocenters. The smallest absolute Gasteiger partial charge is 0.328 e. The van der Waals surface area contributed by atoms with Crippen LogP contribution in [0.2, 0.25) is 0 Å². The van der Waals surface area contributed by atoms with Crippen LogP contribution in [0.5, 0.6) is 5.75 Å². The number of likely N-dealkylation sites (tertiary alicyclic amines) is 1. The molecule has 0 unspecified atom stereocenters. The van der Waals surface area contributed by atoms with Crippen molar-refractivity contribution in [3.05, 3.63) is 40.3 Å². The Hall–Kier alpha value is -2.52. The molecule has 0 bridgehead atoms. The minimum absolute atomic E-state index is 0.243. The van der Waals surface area contributed by atoms with Gasteiger partial charge in [0, 0.05) is 5.75 Å². The van der Waals surface area contributed by atoms with Crippen molar-refractivity contribution in [3.63, 3.8) is 0 Å². The van der Waals surface area contributed by atoms with Gasteiger partial charge in [-0.1, -0.05) is 23.9 Å². The van der Waals surface area contributed by atoms with Crippen molar-refractivity contribution in [2.75, 3.05) is 38.2 Å². The van der Waals surface area contributed by atoms with Gasteiger partial charge in [0.15, 0.2) is 16.6 Å². The second-order valence-corrected chi connectivity index (χ2v) is 8.27. The standard InChI is InChI=1S/C20H26N6O2S/c1-28-15-7-5-14(6-8-15)13-26-18-16(22-20(26)27)17(21)23-19(24-18)29-12-4-11-25-9-2-3-10-25/h5-8H,2-4,9-13H2,1H3,(H,22,27)(H2,21,23,24). The van der Waals surface area contributed by atoms with Gasteiger partial charge in [-0.3, -0.25) is 4.57 Å². The zero-order valence-corrected chi connectivity index (χ0v) is 17.4. The van der Waals surface area contributed by atoms with E-state index in [4.69, 9.17) is 10.5 Å². The Kier molecular flexibility index (Phi) is 6.05. The van der Waals surface area contributed by atoms with E-state index in [0.29, 0.717) is 28.7 Å². The summed E-state index contributed by atoms with van der Waals surface area (Å²) in [4.78, 5) is 26.8. The number of nitrogen functional groups attached to an aromatic ring is 1. The first-order valence-electron chi connectivity index (χ1n) is 9.88. The quantitative estimate of drug-likeness (QED) is 0.331. The number of anilines is 1. The molecule has 29 heavy (non-hydrogen) atoms. The zero-order chi connectivity index (χ0) is 20.2. The normalized spacial score (nSPS) is 14.7. The van der Waals surface area contributed by atoms with Crippen molar-refractivity contribution < 1.29 is 4.74 Å².